The first-order chi connectivity index (χ1) is 13.9. The van der Waals surface area contributed by atoms with Crippen molar-refractivity contribution < 1.29 is 28.5 Å². The number of aromatic nitrogens is 1. The molecule has 0 radical (unpaired) electrons. The first kappa shape index (κ1) is 22.2. The Morgan fingerprint density at radius 1 is 0.897 bits per heavy atom. The number of methoxy groups -OCH3 is 2. The molecule has 7 heteroatoms. The van der Waals surface area contributed by atoms with Crippen molar-refractivity contribution in [2.75, 3.05) is 27.4 Å². The van der Waals surface area contributed by atoms with E-state index in [1.165, 1.54) is 14.2 Å². The molecule has 0 unspecified atom stereocenters. The van der Waals surface area contributed by atoms with Crippen LogP contribution in [0.25, 0.3) is 11.1 Å². The summed E-state index contributed by atoms with van der Waals surface area (Å²) in [6.07, 6.45) is 0.856. The van der Waals surface area contributed by atoms with E-state index >= 15 is 0 Å². The molecule has 0 saturated carbocycles. The van der Waals surface area contributed by atoms with Crippen molar-refractivity contribution in [3.8, 4) is 22.6 Å². The Kier molecular flexibility index (Phi) is 7.59. The van der Waals surface area contributed by atoms with Gasteiger partial charge in [-0.25, -0.2) is 9.59 Å². The Balaban J connectivity index is 2.82. The van der Waals surface area contributed by atoms with E-state index in [1.54, 1.807) is 32.0 Å². The van der Waals surface area contributed by atoms with E-state index in [1.807, 2.05) is 13.8 Å². The number of ether oxygens (including phenoxy) is 4. The molecule has 29 heavy (non-hydrogen) atoms. The van der Waals surface area contributed by atoms with Crippen molar-refractivity contribution in [1.29, 1.82) is 0 Å². The molecular formula is C22H27NO6. The van der Waals surface area contributed by atoms with Gasteiger partial charge < -0.3 is 18.9 Å². The molecule has 7 nitrogen and oxygen atoms in total. The minimum atomic E-state index is -0.584. The van der Waals surface area contributed by atoms with Gasteiger partial charge in [-0.1, -0.05) is 13.0 Å². The predicted molar refractivity (Wildman–Crippen MR) is 109 cm³/mol. The summed E-state index contributed by atoms with van der Waals surface area (Å²) in [5.41, 5.74) is 2.34. The van der Waals surface area contributed by atoms with E-state index in [9.17, 15) is 9.59 Å². The van der Waals surface area contributed by atoms with Crippen LogP contribution in [-0.2, 0) is 9.47 Å². The van der Waals surface area contributed by atoms with E-state index < -0.39 is 11.9 Å². The molecule has 0 fully saturated rings. The Bertz CT molecular complexity index is 866. The van der Waals surface area contributed by atoms with Gasteiger partial charge in [0.2, 0.25) is 0 Å². The topological polar surface area (TPSA) is 84.0 Å². The Labute approximate surface area is 170 Å². The summed E-state index contributed by atoms with van der Waals surface area (Å²) in [6.45, 7) is 8.28. The Hall–Kier alpha value is -3.09. The number of rotatable bonds is 8. The number of carbonyl (C=O) groups excluding carboxylic acids is 2. The van der Waals surface area contributed by atoms with Crippen LogP contribution in [0.3, 0.4) is 0 Å². The summed E-state index contributed by atoms with van der Waals surface area (Å²) in [5.74, 6) is -0.0461. The van der Waals surface area contributed by atoms with Crippen molar-refractivity contribution in [2.24, 2.45) is 0 Å². The van der Waals surface area contributed by atoms with Gasteiger partial charge in [0.15, 0.2) is 11.5 Å². The zero-order valence-corrected chi connectivity index (χ0v) is 17.8. The highest BCUT2D eigenvalue weighted by molar-refractivity contribution is 6.07. The number of esters is 2. The van der Waals surface area contributed by atoms with Crippen LogP contribution >= 0.6 is 0 Å². The first-order valence-corrected chi connectivity index (χ1v) is 9.47. The van der Waals surface area contributed by atoms with E-state index in [2.05, 4.69) is 4.98 Å². The van der Waals surface area contributed by atoms with E-state index in [0.29, 0.717) is 47.2 Å². The smallest absolute Gasteiger partial charge is 0.340 e. The lowest BCUT2D eigenvalue weighted by molar-refractivity contribution is 0.0599. The number of nitrogens with zero attached hydrogens (tertiary/aromatic N) is 1. The highest BCUT2D eigenvalue weighted by Crippen LogP contribution is 2.38. The lowest BCUT2D eigenvalue weighted by atomic mass is 9.92. The quantitative estimate of drug-likeness (QED) is 0.615. The minimum absolute atomic E-state index is 0.211. The summed E-state index contributed by atoms with van der Waals surface area (Å²) in [4.78, 5) is 29.5. The molecule has 0 bridgehead atoms. The maximum Gasteiger partial charge on any atom is 0.340 e. The van der Waals surface area contributed by atoms with Crippen molar-refractivity contribution in [2.45, 2.75) is 34.1 Å². The van der Waals surface area contributed by atoms with Crippen molar-refractivity contribution >= 4 is 11.9 Å². The number of benzene rings is 1. The monoisotopic (exact) mass is 401 g/mol. The fourth-order valence-electron chi connectivity index (χ4n) is 3.11. The summed E-state index contributed by atoms with van der Waals surface area (Å²) >= 11 is 0. The van der Waals surface area contributed by atoms with Gasteiger partial charge in [0, 0.05) is 5.56 Å². The van der Waals surface area contributed by atoms with Gasteiger partial charge in [-0.15, -0.1) is 0 Å². The van der Waals surface area contributed by atoms with Crippen molar-refractivity contribution in [1.82, 2.24) is 4.98 Å². The zero-order valence-electron chi connectivity index (χ0n) is 17.8. The molecule has 0 N–H and O–H groups in total. The number of hydrogen-bond acceptors (Lipinski definition) is 7. The lowest BCUT2D eigenvalue weighted by Crippen LogP contribution is -2.16. The van der Waals surface area contributed by atoms with Crippen LogP contribution in [0.5, 0.6) is 11.5 Å². The van der Waals surface area contributed by atoms with Crippen LogP contribution in [0.2, 0.25) is 0 Å². The highest BCUT2D eigenvalue weighted by atomic mass is 16.5. The number of hydrogen-bond donors (Lipinski definition) is 0. The lowest BCUT2D eigenvalue weighted by Gasteiger charge is -2.18. The molecule has 0 aliphatic rings. The predicted octanol–water partition coefficient (Wildman–Crippen LogP) is 4.13. The van der Waals surface area contributed by atoms with Crippen LogP contribution < -0.4 is 9.47 Å². The molecular weight excluding hydrogens is 374 g/mol. The third kappa shape index (κ3) is 4.67. The fraction of sp³-hybridized carbons (Fsp3) is 0.409. The third-order valence-electron chi connectivity index (χ3n) is 4.33. The zero-order chi connectivity index (χ0) is 21.6. The average molecular weight is 401 g/mol. The van der Waals surface area contributed by atoms with Gasteiger partial charge in [-0.2, -0.15) is 0 Å². The van der Waals surface area contributed by atoms with Crippen LogP contribution in [0.1, 0.15) is 52.4 Å². The molecule has 0 amide bonds. The third-order valence-corrected chi connectivity index (χ3v) is 4.33. The largest absolute Gasteiger partial charge is 0.490 e. The maximum atomic E-state index is 12.6. The van der Waals surface area contributed by atoms with Crippen LogP contribution in [0.15, 0.2) is 18.2 Å². The molecule has 0 spiro atoms. The standard InChI is InChI=1S/C22H27NO6/c1-7-11-29-16-10-9-15(12-17(16)28-8-2)20-18(21(24)26-5)13(3)23-14(4)19(20)22(25)27-6/h9-10,12H,7-8,11H2,1-6H3. The molecule has 0 saturated heterocycles. The second-order valence-electron chi connectivity index (χ2n) is 6.33. The number of aryl methyl sites for hydroxylation is 2. The first-order valence-electron chi connectivity index (χ1n) is 9.47. The molecule has 0 aliphatic carbocycles. The van der Waals surface area contributed by atoms with Gasteiger partial charge >= 0.3 is 11.9 Å². The Morgan fingerprint density at radius 2 is 1.48 bits per heavy atom. The summed E-state index contributed by atoms with van der Waals surface area (Å²) < 4.78 is 21.4. The second kappa shape index (κ2) is 9.91. The second-order valence-corrected chi connectivity index (χ2v) is 6.33. The highest BCUT2D eigenvalue weighted by Gasteiger charge is 2.27. The number of pyridine rings is 1. The average Bonchev–Trinajstić information content (AvgIpc) is 2.71. The molecule has 1 heterocycles. The normalized spacial score (nSPS) is 10.4. The van der Waals surface area contributed by atoms with Crippen LogP contribution in [0.4, 0.5) is 0 Å². The molecule has 0 atom stereocenters. The molecule has 2 rings (SSSR count). The molecule has 2 aromatic rings. The molecule has 1 aromatic carbocycles. The van der Waals surface area contributed by atoms with Crippen molar-refractivity contribution in [3.63, 3.8) is 0 Å². The van der Waals surface area contributed by atoms with E-state index in [-0.39, 0.29) is 11.1 Å². The molecule has 0 aliphatic heterocycles. The van der Waals surface area contributed by atoms with Gasteiger partial charge in [0.25, 0.3) is 0 Å². The van der Waals surface area contributed by atoms with Crippen LogP contribution in [-0.4, -0.2) is 44.4 Å². The van der Waals surface area contributed by atoms with E-state index in [4.69, 9.17) is 18.9 Å². The summed E-state index contributed by atoms with van der Waals surface area (Å²) in [6, 6.07) is 5.30. The van der Waals surface area contributed by atoms with Gasteiger partial charge in [0.1, 0.15) is 0 Å². The molecule has 1 aromatic heterocycles. The minimum Gasteiger partial charge on any atom is -0.490 e. The summed E-state index contributed by atoms with van der Waals surface area (Å²) in [7, 11) is 2.58. The Morgan fingerprint density at radius 3 is 1.97 bits per heavy atom. The van der Waals surface area contributed by atoms with Crippen molar-refractivity contribution in [3.05, 3.63) is 40.7 Å². The fourth-order valence-corrected chi connectivity index (χ4v) is 3.11. The SMILES string of the molecule is CCCOc1ccc(-c2c(C(=O)OC)c(C)nc(C)c2C(=O)OC)cc1OCC. The maximum absolute atomic E-state index is 12.6. The van der Waals surface area contributed by atoms with E-state index in [0.717, 1.165) is 6.42 Å². The van der Waals surface area contributed by atoms with Crippen LogP contribution in [0, 0.1) is 13.8 Å². The summed E-state index contributed by atoms with van der Waals surface area (Å²) in [5, 5.41) is 0. The van der Waals surface area contributed by atoms with Gasteiger partial charge in [-0.05, 0) is 44.9 Å². The van der Waals surface area contributed by atoms with Gasteiger partial charge in [-0.3, -0.25) is 4.98 Å². The van der Waals surface area contributed by atoms with Gasteiger partial charge in [0.05, 0.1) is 49.9 Å². The molecule has 156 valence electrons. The number of carbonyl (C=O) groups is 2.